The normalized spacial score (nSPS) is 19.1. The van der Waals surface area contributed by atoms with Crippen molar-refractivity contribution in [3.8, 4) is 5.75 Å². The Bertz CT molecular complexity index is 921. The number of hydrogen-bond donors (Lipinski definition) is 0. The molecule has 1 aromatic carbocycles. The smallest absolute Gasteiger partial charge is 0.225 e. The van der Waals surface area contributed by atoms with Gasteiger partial charge in [-0.1, -0.05) is 6.92 Å². The van der Waals surface area contributed by atoms with Crippen LogP contribution in [0.2, 0.25) is 0 Å². The van der Waals surface area contributed by atoms with Crippen LogP contribution in [0.1, 0.15) is 50.7 Å². The SMILES string of the molecule is CCc1cnc(N2CCC(CCCOc3cc(F)c(C4=N[C@@H](C)CO4)c(F)c3)CC2)nc1. The fraction of sp³-hybridized carbons (Fsp3) is 0.542. The number of piperidine rings is 1. The fourth-order valence-electron chi connectivity index (χ4n) is 4.13. The van der Waals surface area contributed by atoms with Crippen molar-refractivity contribution in [2.75, 3.05) is 31.2 Å². The summed E-state index contributed by atoms with van der Waals surface area (Å²) in [4.78, 5) is 15.3. The molecule has 4 rings (SSSR count). The molecule has 2 aromatic rings. The zero-order valence-corrected chi connectivity index (χ0v) is 18.7. The molecule has 0 aliphatic carbocycles. The Kier molecular flexibility index (Phi) is 7.17. The second kappa shape index (κ2) is 10.2. The summed E-state index contributed by atoms with van der Waals surface area (Å²) in [5.74, 6) is 0.207. The number of halogens is 2. The highest BCUT2D eigenvalue weighted by atomic mass is 19.1. The van der Waals surface area contributed by atoms with Gasteiger partial charge in [-0.2, -0.15) is 0 Å². The Labute approximate surface area is 187 Å². The van der Waals surface area contributed by atoms with Crippen molar-refractivity contribution in [3.63, 3.8) is 0 Å². The number of aliphatic imine (C=N–C) groups is 1. The van der Waals surface area contributed by atoms with E-state index in [-0.39, 0.29) is 23.3 Å². The second-order valence-corrected chi connectivity index (χ2v) is 8.52. The number of anilines is 1. The minimum Gasteiger partial charge on any atom is -0.493 e. The highest BCUT2D eigenvalue weighted by Crippen LogP contribution is 2.26. The van der Waals surface area contributed by atoms with Crippen LogP contribution in [0.3, 0.4) is 0 Å². The van der Waals surface area contributed by atoms with Crippen molar-refractivity contribution < 1.29 is 18.3 Å². The summed E-state index contributed by atoms with van der Waals surface area (Å²) in [5, 5.41) is 0. The molecule has 32 heavy (non-hydrogen) atoms. The second-order valence-electron chi connectivity index (χ2n) is 8.52. The van der Waals surface area contributed by atoms with Crippen molar-refractivity contribution in [1.82, 2.24) is 9.97 Å². The van der Waals surface area contributed by atoms with Gasteiger partial charge in [0.25, 0.3) is 0 Å². The first-order valence-electron chi connectivity index (χ1n) is 11.4. The summed E-state index contributed by atoms with van der Waals surface area (Å²) in [5.41, 5.74) is 0.926. The standard InChI is InChI=1S/C24H30F2N4O2/c1-3-17-13-27-24(28-14-17)30-8-6-18(7-9-30)5-4-10-31-19-11-20(25)22(21(26)12-19)23-29-16(2)15-32-23/h11-14,16,18H,3-10,15H2,1-2H3/t16-/m0/s1. The van der Waals surface area contributed by atoms with Crippen LogP contribution in [-0.4, -0.2) is 48.2 Å². The maximum Gasteiger partial charge on any atom is 0.225 e. The Hall–Kier alpha value is -2.77. The van der Waals surface area contributed by atoms with Crippen LogP contribution in [0.15, 0.2) is 29.5 Å². The van der Waals surface area contributed by atoms with E-state index in [9.17, 15) is 8.78 Å². The topological polar surface area (TPSA) is 59.8 Å². The third-order valence-corrected chi connectivity index (χ3v) is 6.05. The number of aromatic nitrogens is 2. The maximum absolute atomic E-state index is 14.4. The molecule has 0 unspecified atom stereocenters. The lowest BCUT2D eigenvalue weighted by molar-refractivity contribution is 0.276. The third-order valence-electron chi connectivity index (χ3n) is 6.05. The first kappa shape index (κ1) is 22.4. The molecule has 172 valence electrons. The van der Waals surface area contributed by atoms with E-state index >= 15 is 0 Å². The molecule has 1 fully saturated rings. The number of hydrogen-bond acceptors (Lipinski definition) is 6. The zero-order valence-electron chi connectivity index (χ0n) is 18.7. The highest BCUT2D eigenvalue weighted by Gasteiger charge is 2.24. The molecule has 0 bridgehead atoms. The van der Waals surface area contributed by atoms with E-state index in [1.54, 1.807) is 0 Å². The minimum absolute atomic E-state index is 0.0251. The molecule has 3 heterocycles. The molecule has 0 saturated carbocycles. The van der Waals surface area contributed by atoms with Crippen molar-refractivity contribution in [1.29, 1.82) is 0 Å². The van der Waals surface area contributed by atoms with Gasteiger partial charge >= 0.3 is 0 Å². The average Bonchev–Trinajstić information content (AvgIpc) is 3.22. The summed E-state index contributed by atoms with van der Waals surface area (Å²) >= 11 is 0. The maximum atomic E-state index is 14.4. The van der Waals surface area contributed by atoms with Gasteiger partial charge in [0.2, 0.25) is 11.8 Å². The van der Waals surface area contributed by atoms with Gasteiger partial charge in [-0.15, -0.1) is 0 Å². The van der Waals surface area contributed by atoms with Gasteiger partial charge in [0.05, 0.1) is 12.6 Å². The summed E-state index contributed by atoms with van der Waals surface area (Å²) in [6.45, 7) is 6.58. The van der Waals surface area contributed by atoms with E-state index in [1.165, 1.54) is 12.1 Å². The van der Waals surface area contributed by atoms with Crippen LogP contribution in [0.25, 0.3) is 0 Å². The molecule has 1 saturated heterocycles. The molecule has 0 spiro atoms. The number of aryl methyl sites for hydroxylation is 1. The molecule has 0 N–H and O–H groups in total. The number of benzene rings is 1. The molecule has 8 heteroatoms. The number of rotatable bonds is 8. The van der Waals surface area contributed by atoms with Gasteiger partial charge in [-0.05, 0) is 50.5 Å². The Morgan fingerprint density at radius 1 is 1.12 bits per heavy atom. The minimum atomic E-state index is -0.714. The van der Waals surface area contributed by atoms with E-state index in [0.717, 1.165) is 56.7 Å². The molecule has 2 aliphatic rings. The molecule has 0 radical (unpaired) electrons. The Morgan fingerprint density at radius 2 is 1.81 bits per heavy atom. The molecule has 0 amide bonds. The summed E-state index contributed by atoms with van der Waals surface area (Å²) in [6.07, 6.45) is 8.77. The van der Waals surface area contributed by atoms with Crippen LogP contribution in [0.4, 0.5) is 14.7 Å². The predicted octanol–water partition coefficient (Wildman–Crippen LogP) is 4.56. The zero-order chi connectivity index (χ0) is 22.5. The molecule has 1 atom stereocenters. The monoisotopic (exact) mass is 444 g/mol. The van der Waals surface area contributed by atoms with Crippen LogP contribution in [0.5, 0.6) is 5.75 Å². The molecule has 6 nitrogen and oxygen atoms in total. The van der Waals surface area contributed by atoms with Gasteiger partial charge in [0.1, 0.15) is 29.6 Å². The van der Waals surface area contributed by atoms with Gasteiger partial charge < -0.3 is 14.4 Å². The first-order valence-corrected chi connectivity index (χ1v) is 11.4. The van der Waals surface area contributed by atoms with Crippen LogP contribution in [-0.2, 0) is 11.2 Å². The first-order chi connectivity index (χ1) is 15.5. The lowest BCUT2D eigenvalue weighted by atomic mass is 9.92. The van der Waals surface area contributed by atoms with Gasteiger partial charge in [-0.3, -0.25) is 0 Å². The van der Waals surface area contributed by atoms with Crippen molar-refractivity contribution >= 4 is 11.8 Å². The Morgan fingerprint density at radius 3 is 2.41 bits per heavy atom. The molecule has 2 aliphatic heterocycles. The molecule has 1 aromatic heterocycles. The van der Waals surface area contributed by atoms with Crippen molar-refractivity contribution in [2.24, 2.45) is 10.9 Å². The van der Waals surface area contributed by atoms with E-state index in [0.29, 0.717) is 19.1 Å². The lowest BCUT2D eigenvalue weighted by Crippen LogP contribution is -2.35. The largest absolute Gasteiger partial charge is 0.493 e. The summed E-state index contributed by atoms with van der Waals surface area (Å²) in [7, 11) is 0. The van der Waals surface area contributed by atoms with E-state index < -0.39 is 11.6 Å². The average molecular weight is 445 g/mol. The fourth-order valence-corrected chi connectivity index (χ4v) is 4.13. The number of ether oxygens (including phenoxy) is 2. The number of nitrogens with zero attached hydrogens (tertiary/aromatic N) is 4. The summed E-state index contributed by atoms with van der Waals surface area (Å²) < 4.78 is 39.7. The van der Waals surface area contributed by atoms with Crippen molar-refractivity contribution in [3.05, 3.63) is 47.3 Å². The van der Waals surface area contributed by atoms with E-state index in [2.05, 4.69) is 26.8 Å². The van der Waals surface area contributed by atoms with E-state index in [1.807, 2.05) is 19.3 Å². The van der Waals surface area contributed by atoms with Crippen molar-refractivity contribution in [2.45, 2.75) is 52.0 Å². The van der Waals surface area contributed by atoms with Gasteiger partial charge in [-0.25, -0.2) is 23.7 Å². The lowest BCUT2D eigenvalue weighted by Gasteiger charge is -2.32. The molecular formula is C24H30F2N4O2. The highest BCUT2D eigenvalue weighted by molar-refractivity contribution is 5.95. The predicted molar refractivity (Wildman–Crippen MR) is 119 cm³/mol. The van der Waals surface area contributed by atoms with Crippen LogP contribution in [0, 0.1) is 17.6 Å². The molecular weight excluding hydrogens is 414 g/mol. The third kappa shape index (κ3) is 5.34. The van der Waals surface area contributed by atoms with E-state index in [4.69, 9.17) is 9.47 Å². The van der Waals surface area contributed by atoms with Crippen LogP contribution < -0.4 is 9.64 Å². The Balaban J connectivity index is 1.21. The van der Waals surface area contributed by atoms with Gasteiger partial charge in [0, 0.05) is 37.6 Å². The summed E-state index contributed by atoms with van der Waals surface area (Å²) in [6, 6.07) is 2.31. The van der Waals surface area contributed by atoms with Crippen LogP contribution >= 0.6 is 0 Å². The van der Waals surface area contributed by atoms with Gasteiger partial charge in [0.15, 0.2) is 0 Å². The quantitative estimate of drug-likeness (QED) is 0.559.